The van der Waals surface area contributed by atoms with Crippen LogP contribution >= 0.6 is 0 Å². The molecule has 6 nitrogen and oxygen atoms in total. The van der Waals surface area contributed by atoms with Gasteiger partial charge < -0.3 is 14.4 Å². The third-order valence-corrected chi connectivity index (χ3v) is 4.02. The first kappa shape index (κ1) is 15.8. The summed E-state index contributed by atoms with van der Waals surface area (Å²) in [5, 5.41) is 8.27. The number of anilines is 1. The summed E-state index contributed by atoms with van der Waals surface area (Å²) in [5.41, 5.74) is 0.123. The average molecular weight is 293 g/mol. The molecule has 2 rings (SSSR count). The molecule has 1 saturated heterocycles. The Hall–Kier alpha value is -1.59. The fourth-order valence-electron chi connectivity index (χ4n) is 2.85. The van der Waals surface area contributed by atoms with Crippen molar-refractivity contribution in [1.29, 1.82) is 0 Å². The van der Waals surface area contributed by atoms with E-state index in [1.165, 1.54) is 0 Å². The van der Waals surface area contributed by atoms with E-state index in [1.807, 2.05) is 35.4 Å². The molecule has 0 bridgehead atoms. The Kier molecular flexibility index (Phi) is 4.25. The SMILES string of the molecule is Cc1nnc(N(C)C2CCCN(CC(C)(C)C)C2=O)n1C. The van der Waals surface area contributed by atoms with Gasteiger partial charge in [-0.25, -0.2) is 0 Å². The normalized spacial score (nSPS) is 20.0. The molecule has 1 amide bonds. The molecule has 118 valence electrons. The van der Waals surface area contributed by atoms with Gasteiger partial charge in [-0.1, -0.05) is 20.8 Å². The number of carbonyl (C=O) groups excluding carboxylic acids is 1. The van der Waals surface area contributed by atoms with Crippen LogP contribution in [0.3, 0.4) is 0 Å². The Morgan fingerprint density at radius 3 is 2.52 bits per heavy atom. The van der Waals surface area contributed by atoms with E-state index < -0.39 is 0 Å². The summed E-state index contributed by atoms with van der Waals surface area (Å²) in [4.78, 5) is 16.7. The number of hydrogen-bond donors (Lipinski definition) is 0. The number of nitrogens with zero attached hydrogens (tertiary/aromatic N) is 5. The fourth-order valence-corrected chi connectivity index (χ4v) is 2.85. The molecule has 6 heteroatoms. The lowest BCUT2D eigenvalue weighted by molar-refractivity contribution is -0.136. The molecule has 21 heavy (non-hydrogen) atoms. The van der Waals surface area contributed by atoms with Gasteiger partial charge in [0, 0.05) is 27.2 Å². The van der Waals surface area contributed by atoms with E-state index in [9.17, 15) is 4.79 Å². The molecule has 0 N–H and O–H groups in total. The number of aromatic nitrogens is 3. The van der Waals surface area contributed by atoms with Crippen molar-refractivity contribution in [2.75, 3.05) is 25.0 Å². The maximum Gasteiger partial charge on any atom is 0.245 e. The van der Waals surface area contributed by atoms with Crippen molar-refractivity contribution in [2.45, 2.75) is 46.6 Å². The van der Waals surface area contributed by atoms with Gasteiger partial charge in [-0.2, -0.15) is 0 Å². The molecule has 2 heterocycles. The third kappa shape index (κ3) is 3.36. The van der Waals surface area contributed by atoms with E-state index >= 15 is 0 Å². The number of rotatable bonds is 3. The quantitative estimate of drug-likeness (QED) is 0.849. The summed E-state index contributed by atoms with van der Waals surface area (Å²) in [5.74, 6) is 1.81. The maximum absolute atomic E-state index is 12.8. The zero-order valence-electron chi connectivity index (χ0n) is 14.1. The third-order valence-electron chi connectivity index (χ3n) is 4.02. The van der Waals surface area contributed by atoms with E-state index in [0.29, 0.717) is 0 Å². The van der Waals surface area contributed by atoms with Crippen molar-refractivity contribution in [3.8, 4) is 0 Å². The summed E-state index contributed by atoms with van der Waals surface area (Å²) < 4.78 is 1.93. The van der Waals surface area contributed by atoms with Gasteiger partial charge in [-0.3, -0.25) is 4.79 Å². The molecule has 1 aliphatic heterocycles. The van der Waals surface area contributed by atoms with E-state index in [1.54, 1.807) is 0 Å². The van der Waals surface area contributed by atoms with Crippen LogP contribution in [0.1, 0.15) is 39.4 Å². The fraction of sp³-hybridized carbons (Fsp3) is 0.800. The molecule has 1 unspecified atom stereocenters. The highest BCUT2D eigenvalue weighted by molar-refractivity contribution is 5.85. The molecule has 0 saturated carbocycles. The molecule has 0 aliphatic carbocycles. The minimum absolute atomic E-state index is 0.123. The Labute approximate surface area is 127 Å². The minimum atomic E-state index is -0.136. The molecule has 0 spiro atoms. The van der Waals surface area contributed by atoms with Crippen LogP contribution < -0.4 is 4.90 Å². The number of likely N-dealkylation sites (N-methyl/N-ethyl adjacent to an activating group) is 1. The molecule has 0 radical (unpaired) electrons. The predicted octanol–water partition coefficient (Wildman–Crippen LogP) is 1.60. The number of carbonyl (C=O) groups is 1. The van der Waals surface area contributed by atoms with Crippen molar-refractivity contribution < 1.29 is 4.79 Å². The Bertz CT molecular complexity index is 517. The van der Waals surface area contributed by atoms with Crippen LogP contribution in [-0.2, 0) is 11.8 Å². The molecule has 1 aromatic rings. The van der Waals surface area contributed by atoms with Gasteiger partial charge in [0.2, 0.25) is 11.9 Å². The lowest BCUT2D eigenvalue weighted by Gasteiger charge is -2.39. The largest absolute Gasteiger partial charge is 0.340 e. The minimum Gasteiger partial charge on any atom is -0.340 e. The molecular weight excluding hydrogens is 266 g/mol. The van der Waals surface area contributed by atoms with Crippen LogP contribution in [0.15, 0.2) is 0 Å². The van der Waals surface area contributed by atoms with E-state index in [-0.39, 0.29) is 17.4 Å². The van der Waals surface area contributed by atoms with E-state index in [2.05, 4.69) is 31.0 Å². The average Bonchev–Trinajstić information content (AvgIpc) is 2.70. The number of piperidine rings is 1. The second-order valence-corrected chi connectivity index (χ2v) is 7.20. The van der Waals surface area contributed by atoms with Crippen molar-refractivity contribution in [1.82, 2.24) is 19.7 Å². The van der Waals surface area contributed by atoms with Gasteiger partial charge >= 0.3 is 0 Å². The molecule has 1 atom stereocenters. The molecule has 0 aromatic carbocycles. The van der Waals surface area contributed by atoms with E-state index in [0.717, 1.165) is 37.7 Å². The van der Waals surface area contributed by atoms with Crippen LogP contribution in [0, 0.1) is 12.3 Å². The van der Waals surface area contributed by atoms with Gasteiger partial charge in [0.05, 0.1) is 0 Å². The van der Waals surface area contributed by atoms with Crippen molar-refractivity contribution in [2.24, 2.45) is 12.5 Å². The van der Waals surface area contributed by atoms with Crippen LogP contribution in [0.4, 0.5) is 5.95 Å². The van der Waals surface area contributed by atoms with Gasteiger partial charge in [0.25, 0.3) is 0 Å². The monoisotopic (exact) mass is 293 g/mol. The zero-order chi connectivity index (χ0) is 15.8. The number of amides is 1. The lowest BCUT2D eigenvalue weighted by atomic mass is 9.93. The van der Waals surface area contributed by atoms with Gasteiger partial charge in [0.15, 0.2) is 0 Å². The highest BCUT2D eigenvalue weighted by Crippen LogP contribution is 2.24. The first-order chi connectivity index (χ1) is 9.70. The van der Waals surface area contributed by atoms with Crippen LogP contribution in [0.5, 0.6) is 0 Å². The Morgan fingerprint density at radius 2 is 2.00 bits per heavy atom. The van der Waals surface area contributed by atoms with Gasteiger partial charge in [-0.15, -0.1) is 10.2 Å². The predicted molar refractivity (Wildman–Crippen MR) is 83.2 cm³/mol. The van der Waals surface area contributed by atoms with Crippen molar-refractivity contribution in [3.05, 3.63) is 5.82 Å². The smallest absolute Gasteiger partial charge is 0.245 e. The first-order valence-corrected chi connectivity index (χ1v) is 7.58. The van der Waals surface area contributed by atoms with E-state index in [4.69, 9.17) is 0 Å². The molecular formula is C15H27N5O. The van der Waals surface area contributed by atoms with Gasteiger partial charge in [-0.05, 0) is 25.2 Å². The first-order valence-electron chi connectivity index (χ1n) is 7.58. The molecule has 1 fully saturated rings. The van der Waals surface area contributed by atoms with Crippen molar-refractivity contribution >= 4 is 11.9 Å². The Morgan fingerprint density at radius 1 is 1.33 bits per heavy atom. The standard InChI is InChI=1S/C15H27N5O/c1-11-16-17-14(18(11)5)19(6)12-8-7-9-20(13(12)21)10-15(2,3)4/h12H,7-10H2,1-6H3. The summed E-state index contributed by atoms with van der Waals surface area (Å²) in [6, 6.07) is -0.136. The number of hydrogen-bond acceptors (Lipinski definition) is 4. The highest BCUT2D eigenvalue weighted by atomic mass is 16.2. The second kappa shape index (κ2) is 5.66. The summed E-state index contributed by atoms with van der Waals surface area (Å²) in [6.45, 7) is 10.1. The Balaban J connectivity index is 2.16. The zero-order valence-corrected chi connectivity index (χ0v) is 14.1. The summed E-state index contributed by atoms with van der Waals surface area (Å²) in [7, 11) is 3.87. The second-order valence-electron chi connectivity index (χ2n) is 7.20. The van der Waals surface area contributed by atoms with Gasteiger partial charge in [0.1, 0.15) is 11.9 Å². The van der Waals surface area contributed by atoms with Crippen LogP contribution in [0.2, 0.25) is 0 Å². The topological polar surface area (TPSA) is 54.3 Å². The lowest BCUT2D eigenvalue weighted by Crippen LogP contribution is -2.53. The number of aryl methyl sites for hydroxylation is 1. The highest BCUT2D eigenvalue weighted by Gasteiger charge is 2.34. The maximum atomic E-state index is 12.8. The molecule has 1 aliphatic rings. The number of likely N-dealkylation sites (tertiary alicyclic amines) is 1. The summed E-state index contributed by atoms with van der Waals surface area (Å²) >= 11 is 0. The molecule has 1 aromatic heterocycles. The van der Waals surface area contributed by atoms with Crippen molar-refractivity contribution in [3.63, 3.8) is 0 Å². The van der Waals surface area contributed by atoms with Crippen LogP contribution in [0.25, 0.3) is 0 Å². The van der Waals surface area contributed by atoms with Crippen LogP contribution in [-0.4, -0.2) is 51.8 Å². The summed E-state index contributed by atoms with van der Waals surface area (Å²) in [6.07, 6.45) is 1.91.